The Morgan fingerprint density at radius 1 is 0.917 bits per heavy atom. The summed E-state index contributed by atoms with van der Waals surface area (Å²) in [5, 5.41) is 10.3. The third kappa shape index (κ3) is 7.67. The van der Waals surface area contributed by atoms with E-state index in [4.69, 9.17) is 4.98 Å². The summed E-state index contributed by atoms with van der Waals surface area (Å²) < 4.78 is 0. The van der Waals surface area contributed by atoms with Crippen molar-refractivity contribution in [2.45, 2.75) is 39.5 Å². The molecule has 1 fully saturated rings. The first kappa shape index (κ1) is 25.9. The molecule has 2 heterocycles. The average Bonchev–Trinajstić information content (AvgIpc) is 3.11. The lowest BCUT2D eigenvalue weighted by atomic mass is 10.1. The van der Waals surface area contributed by atoms with Crippen molar-refractivity contribution in [2.24, 2.45) is 0 Å². The molecule has 1 saturated heterocycles. The maximum atomic E-state index is 4.76. The monoisotopic (exact) mass is 487 g/mol. The number of nitrogens with zero attached hydrogens (tertiary/aromatic N) is 4. The zero-order valence-electron chi connectivity index (χ0n) is 22.1. The molecule has 3 N–H and O–H groups in total. The second-order valence-corrected chi connectivity index (χ2v) is 9.72. The quantitative estimate of drug-likeness (QED) is 0.315. The van der Waals surface area contributed by atoms with Crippen molar-refractivity contribution in [2.75, 3.05) is 61.8 Å². The minimum Gasteiger partial charge on any atom is -0.370 e. The van der Waals surface area contributed by atoms with Crippen LogP contribution in [0.5, 0.6) is 0 Å². The molecule has 0 atom stereocenters. The lowest BCUT2D eigenvalue weighted by Crippen LogP contribution is -2.28. The molecule has 36 heavy (non-hydrogen) atoms. The Morgan fingerprint density at radius 3 is 2.61 bits per heavy atom. The van der Waals surface area contributed by atoms with Gasteiger partial charge in [0.05, 0.1) is 0 Å². The first-order valence-corrected chi connectivity index (χ1v) is 13.3. The summed E-state index contributed by atoms with van der Waals surface area (Å²) in [5.74, 6) is 1.41. The van der Waals surface area contributed by atoms with Gasteiger partial charge in [0.15, 0.2) is 0 Å². The van der Waals surface area contributed by atoms with Crippen molar-refractivity contribution in [3.8, 4) is 0 Å². The van der Waals surface area contributed by atoms with E-state index in [9.17, 15) is 0 Å². The van der Waals surface area contributed by atoms with Crippen LogP contribution in [0, 0.1) is 6.92 Å². The zero-order chi connectivity index (χ0) is 25.2. The van der Waals surface area contributed by atoms with E-state index in [1.54, 1.807) is 0 Å². The van der Waals surface area contributed by atoms with Gasteiger partial charge in [-0.05, 0) is 101 Å². The van der Waals surface area contributed by atoms with Crippen LogP contribution in [0.4, 0.5) is 28.8 Å². The molecule has 0 amide bonds. The Labute approximate surface area is 216 Å². The number of anilines is 5. The van der Waals surface area contributed by atoms with Crippen LogP contribution in [0.2, 0.25) is 0 Å². The molecule has 0 aliphatic carbocycles. The number of benzene rings is 2. The Morgan fingerprint density at radius 2 is 1.78 bits per heavy atom. The number of rotatable bonds is 11. The van der Waals surface area contributed by atoms with Gasteiger partial charge < -0.3 is 25.8 Å². The summed E-state index contributed by atoms with van der Waals surface area (Å²) in [5.41, 5.74) is 5.65. The normalized spacial score (nSPS) is 14.5. The van der Waals surface area contributed by atoms with Crippen LogP contribution in [0.1, 0.15) is 37.3 Å². The molecular weight excluding hydrogens is 446 g/mol. The van der Waals surface area contributed by atoms with Crippen LogP contribution in [0.15, 0.2) is 54.7 Å². The number of nitrogens with one attached hydrogen (secondary N) is 3. The molecule has 0 bridgehead atoms. The molecule has 2 aromatic carbocycles. The lowest BCUT2D eigenvalue weighted by Gasteiger charge is -2.23. The number of likely N-dealkylation sites (N-methyl/N-ethyl adjacent to an activating group) is 1. The fourth-order valence-electron chi connectivity index (χ4n) is 4.48. The first-order chi connectivity index (χ1) is 17.6. The van der Waals surface area contributed by atoms with Crippen molar-refractivity contribution >= 4 is 28.8 Å². The third-order valence-electron chi connectivity index (χ3n) is 6.62. The maximum Gasteiger partial charge on any atom is 0.229 e. The fourth-order valence-corrected chi connectivity index (χ4v) is 4.48. The SMILES string of the molecule is CCCNCCCc1cccc(Nc2nc(Nc3ccc(N4CCCN(C)CC4)cc3)ncc2C)c1. The summed E-state index contributed by atoms with van der Waals surface area (Å²) in [6.07, 6.45) is 6.44. The van der Waals surface area contributed by atoms with Crippen molar-refractivity contribution in [3.05, 3.63) is 65.9 Å². The van der Waals surface area contributed by atoms with E-state index >= 15 is 0 Å². The molecule has 192 valence electrons. The Balaban J connectivity index is 1.36. The number of hydrogen-bond acceptors (Lipinski definition) is 7. The first-order valence-electron chi connectivity index (χ1n) is 13.3. The van der Waals surface area contributed by atoms with Gasteiger partial charge in [0.2, 0.25) is 5.95 Å². The minimum absolute atomic E-state index is 0.588. The van der Waals surface area contributed by atoms with Crippen LogP contribution in [-0.4, -0.2) is 61.2 Å². The minimum atomic E-state index is 0.588. The molecule has 4 rings (SSSR count). The van der Waals surface area contributed by atoms with Crippen LogP contribution < -0.4 is 20.9 Å². The van der Waals surface area contributed by atoms with Gasteiger partial charge in [0.25, 0.3) is 0 Å². The van der Waals surface area contributed by atoms with Gasteiger partial charge in [0.1, 0.15) is 5.82 Å². The highest BCUT2D eigenvalue weighted by Gasteiger charge is 2.13. The summed E-state index contributed by atoms with van der Waals surface area (Å²) in [6, 6.07) is 17.2. The predicted molar refractivity (Wildman–Crippen MR) is 152 cm³/mol. The molecule has 3 aromatic rings. The van der Waals surface area contributed by atoms with Gasteiger partial charge >= 0.3 is 0 Å². The molecule has 7 nitrogen and oxygen atoms in total. The van der Waals surface area contributed by atoms with Crippen LogP contribution in [-0.2, 0) is 6.42 Å². The highest BCUT2D eigenvalue weighted by molar-refractivity contribution is 5.63. The standard InChI is InChI=1S/C29H41N7/c1-4-15-30-16-6-9-24-8-5-10-26(21-24)32-28-23(2)22-31-29(34-28)33-25-11-13-27(14-12-25)36-18-7-17-35(3)19-20-36/h5,8,10-14,21-22,30H,4,6-7,9,15-20H2,1-3H3,(H2,31,32,33,34). The maximum absolute atomic E-state index is 4.76. The van der Waals surface area contributed by atoms with E-state index in [1.807, 2.05) is 13.1 Å². The summed E-state index contributed by atoms with van der Waals surface area (Å²) >= 11 is 0. The summed E-state index contributed by atoms with van der Waals surface area (Å²) in [7, 11) is 2.20. The van der Waals surface area contributed by atoms with E-state index in [-0.39, 0.29) is 0 Å². The smallest absolute Gasteiger partial charge is 0.229 e. The van der Waals surface area contributed by atoms with Crippen molar-refractivity contribution < 1.29 is 0 Å². The second-order valence-electron chi connectivity index (χ2n) is 9.72. The number of hydrogen-bond donors (Lipinski definition) is 3. The highest BCUT2D eigenvalue weighted by atomic mass is 15.2. The van der Waals surface area contributed by atoms with Crippen molar-refractivity contribution in [3.63, 3.8) is 0 Å². The summed E-state index contributed by atoms with van der Waals surface area (Å²) in [4.78, 5) is 14.1. The zero-order valence-corrected chi connectivity index (χ0v) is 22.1. The van der Waals surface area contributed by atoms with Gasteiger partial charge in [0, 0.05) is 48.5 Å². The molecule has 0 saturated carbocycles. The second kappa shape index (κ2) is 13.2. The van der Waals surface area contributed by atoms with E-state index in [2.05, 4.69) is 93.2 Å². The van der Waals surface area contributed by atoms with Gasteiger partial charge in [-0.3, -0.25) is 0 Å². The van der Waals surface area contributed by atoms with Crippen molar-refractivity contribution in [1.29, 1.82) is 0 Å². The predicted octanol–water partition coefficient (Wildman–Crippen LogP) is 5.35. The number of aromatic nitrogens is 2. The van der Waals surface area contributed by atoms with Crippen molar-refractivity contribution in [1.82, 2.24) is 20.2 Å². The Bertz CT molecular complexity index is 1080. The van der Waals surface area contributed by atoms with Gasteiger partial charge in [-0.25, -0.2) is 4.98 Å². The van der Waals surface area contributed by atoms with E-state index < -0.39 is 0 Å². The molecule has 0 radical (unpaired) electrons. The topological polar surface area (TPSA) is 68.4 Å². The van der Waals surface area contributed by atoms with Crippen LogP contribution >= 0.6 is 0 Å². The van der Waals surface area contributed by atoms with E-state index in [0.29, 0.717) is 5.95 Å². The van der Waals surface area contributed by atoms with Gasteiger partial charge in [-0.1, -0.05) is 19.1 Å². The molecule has 7 heteroatoms. The fraction of sp³-hybridized carbons (Fsp3) is 0.448. The Kier molecular flexibility index (Phi) is 9.53. The summed E-state index contributed by atoms with van der Waals surface area (Å²) in [6.45, 7) is 10.8. The average molecular weight is 488 g/mol. The molecule has 0 unspecified atom stereocenters. The molecule has 0 spiro atoms. The lowest BCUT2D eigenvalue weighted by molar-refractivity contribution is 0.360. The van der Waals surface area contributed by atoms with Gasteiger partial charge in [-0.15, -0.1) is 0 Å². The molecule has 1 aliphatic rings. The van der Waals surface area contributed by atoms with Gasteiger partial charge in [-0.2, -0.15) is 4.98 Å². The molecule has 1 aromatic heterocycles. The van der Waals surface area contributed by atoms with E-state index in [1.165, 1.54) is 24.1 Å². The van der Waals surface area contributed by atoms with Crippen LogP contribution in [0.3, 0.4) is 0 Å². The molecular formula is C29H41N7. The Hall–Kier alpha value is -3.16. The third-order valence-corrected chi connectivity index (χ3v) is 6.62. The van der Waals surface area contributed by atoms with Crippen LogP contribution in [0.25, 0.3) is 0 Å². The van der Waals surface area contributed by atoms with E-state index in [0.717, 1.165) is 74.9 Å². The number of aryl methyl sites for hydroxylation is 2. The molecule has 1 aliphatic heterocycles. The highest BCUT2D eigenvalue weighted by Crippen LogP contribution is 2.24. The largest absolute Gasteiger partial charge is 0.370 e.